The first-order chi connectivity index (χ1) is 12.1. The number of hydrogen-bond acceptors (Lipinski definition) is 3. The highest BCUT2D eigenvalue weighted by Crippen LogP contribution is 2.22. The molecule has 1 amide bonds. The van der Waals surface area contributed by atoms with Gasteiger partial charge in [0.25, 0.3) is 5.91 Å². The summed E-state index contributed by atoms with van der Waals surface area (Å²) in [6.45, 7) is 1.14. The Kier molecular flexibility index (Phi) is 6.12. The molecule has 138 valence electrons. The lowest BCUT2D eigenvalue weighted by Crippen LogP contribution is -2.35. The van der Waals surface area contributed by atoms with Crippen molar-refractivity contribution in [1.82, 2.24) is 9.62 Å². The van der Waals surface area contributed by atoms with Gasteiger partial charge in [-0.1, -0.05) is 38.2 Å². The van der Waals surface area contributed by atoms with Crippen LogP contribution in [0.3, 0.4) is 0 Å². The first-order valence-corrected chi connectivity index (χ1v) is 10.9. The highest BCUT2D eigenvalue weighted by atomic mass is 32.2. The zero-order valence-electron chi connectivity index (χ0n) is 14.7. The predicted octanol–water partition coefficient (Wildman–Crippen LogP) is 3.31. The van der Waals surface area contributed by atoms with Crippen LogP contribution in [0, 0.1) is 0 Å². The molecule has 1 heterocycles. The van der Waals surface area contributed by atoms with Gasteiger partial charge in [-0.25, -0.2) is 8.42 Å². The Morgan fingerprint density at radius 1 is 0.960 bits per heavy atom. The summed E-state index contributed by atoms with van der Waals surface area (Å²) >= 11 is 0. The van der Waals surface area contributed by atoms with Crippen molar-refractivity contribution < 1.29 is 13.2 Å². The molecule has 2 aliphatic rings. The quantitative estimate of drug-likeness (QED) is 0.891. The number of nitrogens with one attached hydrogen (secondary N) is 1. The van der Waals surface area contributed by atoms with Gasteiger partial charge in [-0.05, 0) is 43.9 Å². The average molecular weight is 365 g/mol. The van der Waals surface area contributed by atoms with Crippen LogP contribution in [-0.4, -0.2) is 37.8 Å². The molecule has 0 spiro atoms. The highest BCUT2D eigenvalue weighted by Gasteiger charge is 2.27. The lowest BCUT2D eigenvalue weighted by atomic mass is 9.96. The summed E-state index contributed by atoms with van der Waals surface area (Å²) in [6.07, 6.45) is 9.88. The molecule has 0 aromatic heterocycles. The van der Waals surface area contributed by atoms with Crippen molar-refractivity contribution in [3.63, 3.8) is 0 Å². The zero-order chi connectivity index (χ0) is 17.7. The molecule has 1 aliphatic heterocycles. The van der Waals surface area contributed by atoms with Crippen LogP contribution in [0.2, 0.25) is 0 Å². The molecule has 0 radical (unpaired) electrons. The van der Waals surface area contributed by atoms with Gasteiger partial charge in [0.2, 0.25) is 10.0 Å². The third kappa shape index (κ3) is 4.61. The molecule has 1 aromatic carbocycles. The van der Waals surface area contributed by atoms with Gasteiger partial charge in [0, 0.05) is 24.7 Å². The molecule has 0 bridgehead atoms. The van der Waals surface area contributed by atoms with Crippen LogP contribution in [0.1, 0.15) is 68.1 Å². The van der Waals surface area contributed by atoms with Gasteiger partial charge >= 0.3 is 0 Å². The summed E-state index contributed by atoms with van der Waals surface area (Å²) in [5, 5.41) is 3.10. The molecule has 25 heavy (non-hydrogen) atoms. The summed E-state index contributed by atoms with van der Waals surface area (Å²) in [4.78, 5) is 12.8. The molecule has 2 fully saturated rings. The SMILES string of the molecule is O=C(NC1CCCCCCC1)c1cccc(S(=O)(=O)N2CCCC2)c1. The molecule has 0 atom stereocenters. The van der Waals surface area contributed by atoms with Crippen molar-refractivity contribution in [2.24, 2.45) is 0 Å². The van der Waals surface area contributed by atoms with Crippen LogP contribution in [0.25, 0.3) is 0 Å². The molecular formula is C19H28N2O3S. The van der Waals surface area contributed by atoms with E-state index in [1.807, 2.05) is 0 Å². The smallest absolute Gasteiger partial charge is 0.251 e. The van der Waals surface area contributed by atoms with Gasteiger partial charge in [0.05, 0.1) is 4.90 Å². The van der Waals surface area contributed by atoms with Gasteiger partial charge < -0.3 is 5.32 Å². The van der Waals surface area contributed by atoms with Crippen molar-refractivity contribution in [2.45, 2.75) is 68.7 Å². The Balaban J connectivity index is 1.70. The van der Waals surface area contributed by atoms with Crippen LogP contribution >= 0.6 is 0 Å². The number of sulfonamides is 1. The van der Waals surface area contributed by atoms with Gasteiger partial charge in [-0.3, -0.25) is 4.79 Å². The molecule has 1 saturated carbocycles. The van der Waals surface area contributed by atoms with Crippen LogP contribution in [0.15, 0.2) is 29.2 Å². The Morgan fingerprint density at radius 3 is 2.28 bits per heavy atom. The fourth-order valence-electron chi connectivity index (χ4n) is 3.74. The monoisotopic (exact) mass is 364 g/mol. The van der Waals surface area contributed by atoms with E-state index in [1.165, 1.54) is 29.6 Å². The lowest BCUT2D eigenvalue weighted by molar-refractivity contribution is 0.0930. The van der Waals surface area contributed by atoms with E-state index in [9.17, 15) is 13.2 Å². The third-order valence-corrected chi connectivity index (χ3v) is 7.13. The summed E-state index contributed by atoms with van der Waals surface area (Å²) in [6, 6.07) is 6.66. The maximum absolute atomic E-state index is 12.7. The van der Waals surface area contributed by atoms with Crippen LogP contribution < -0.4 is 5.32 Å². The standard InChI is InChI=1S/C19H28N2O3S/c22-19(20-17-10-4-2-1-3-5-11-17)16-9-8-12-18(15-16)25(23,24)21-13-6-7-14-21/h8-9,12,15,17H,1-7,10-11,13-14H2,(H,20,22). The van der Waals surface area contributed by atoms with Crippen molar-refractivity contribution in [2.75, 3.05) is 13.1 Å². The largest absolute Gasteiger partial charge is 0.349 e. The Morgan fingerprint density at radius 2 is 1.60 bits per heavy atom. The summed E-state index contributed by atoms with van der Waals surface area (Å²) in [7, 11) is -3.49. The molecule has 6 heteroatoms. The molecule has 1 aliphatic carbocycles. The summed E-state index contributed by atoms with van der Waals surface area (Å²) < 4.78 is 26.9. The minimum absolute atomic E-state index is 0.163. The van der Waals surface area contributed by atoms with E-state index in [4.69, 9.17) is 0 Å². The Bertz CT molecular complexity index is 688. The second kappa shape index (κ2) is 8.32. The highest BCUT2D eigenvalue weighted by molar-refractivity contribution is 7.89. The van der Waals surface area contributed by atoms with Crippen LogP contribution in [-0.2, 0) is 10.0 Å². The molecule has 1 aromatic rings. The van der Waals surface area contributed by atoms with E-state index in [0.717, 1.165) is 38.5 Å². The minimum Gasteiger partial charge on any atom is -0.349 e. The number of benzene rings is 1. The average Bonchev–Trinajstić information content (AvgIpc) is 3.12. The number of carbonyl (C=O) groups excluding carboxylic acids is 1. The fraction of sp³-hybridized carbons (Fsp3) is 0.632. The normalized spacial score (nSPS) is 20.8. The van der Waals surface area contributed by atoms with Crippen molar-refractivity contribution in [3.8, 4) is 0 Å². The number of hydrogen-bond donors (Lipinski definition) is 1. The topological polar surface area (TPSA) is 66.5 Å². The minimum atomic E-state index is -3.49. The van der Waals surface area contributed by atoms with Gasteiger partial charge in [0.15, 0.2) is 0 Å². The zero-order valence-corrected chi connectivity index (χ0v) is 15.6. The first kappa shape index (κ1) is 18.4. The van der Waals surface area contributed by atoms with Gasteiger partial charge in [-0.15, -0.1) is 0 Å². The van der Waals surface area contributed by atoms with E-state index in [-0.39, 0.29) is 16.8 Å². The number of nitrogens with zero attached hydrogens (tertiary/aromatic N) is 1. The third-order valence-electron chi connectivity index (χ3n) is 5.24. The molecule has 5 nitrogen and oxygen atoms in total. The van der Waals surface area contributed by atoms with E-state index in [0.29, 0.717) is 18.7 Å². The van der Waals surface area contributed by atoms with Crippen LogP contribution in [0.4, 0.5) is 0 Å². The first-order valence-electron chi connectivity index (χ1n) is 9.48. The van der Waals surface area contributed by atoms with Crippen LogP contribution in [0.5, 0.6) is 0 Å². The number of rotatable bonds is 4. The summed E-state index contributed by atoms with van der Waals surface area (Å²) in [5.74, 6) is -0.163. The molecular weight excluding hydrogens is 336 g/mol. The maximum Gasteiger partial charge on any atom is 0.251 e. The van der Waals surface area contributed by atoms with Crippen molar-refractivity contribution >= 4 is 15.9 Å². The fourth-order valence-corrected chi connectivity index (χ4v) is 5.31. The maximum atomic E-state index is 12.7. The van der Waals surface area contributed by atoms with E-state index >= 15 is 0 Å². The van der Waals surface area contributed by atoms with Crippen molar-refractivity contribution in [3.05, 3.63) is 29.8 Å². The van der Waals surface area contributed by atoms with Crippen molar-refractivity contribution in [1.29, 1.82) is 0 Å². The molecule has 3 rings (SSSR count). The number of amides is 1. The molecule has 1 N–H and O–H groups in total. The number of carbonyl (C=O) groups is 1. The lowest BCUT2D eigenvalue weighted by Gasteiger charge is -2.21. The van der Waals surface area contributed by atoms with Gasteiger partial charge in [-0.2, -0.15) is 4.31 Å². The Hall–Kier alpha value is -1.40. The van der Waals surface area contributed by atoms with E-state index in [1.54, 1.807) is 18.2 Å². The molecule has 1 saturated heterocycles. The molecule has 0 unspecified atom stereocenters. The van der Waals surface area contributed by atoms with E-state index in [2.05, 4.69) is 5.32 Å². The second-order valence-corrected chi connectivity index (χ2v) is 9.09. The Labute approximate surface area is 150 Å². The summed E-state index contributed by atoms with van der Waals surface area (Å²) in [5.41, 5.74) is 0.433. The second-order valence-electron chi connectivity index (χ2n) is 7.15. The predicted molar refractivity (Wildman–Crippen MR) is 98.0 cm³/mol. The van der Waals surface area contributed by atoms with E-state index < -0.39 is 10.0 Å². The van der Waals surface area contributed by atoms with Gasteiger partial charge in [0.1, 0.15) is 0 Å².